The molecule has 1 saturated carbocycles. The van der Waals surface area contributed by atoms with Gasteiger partial charge in [0.05, 0.1) is 6.61 Å². The fourth-order valence-corrected chi connectivity index (χ4v) is 3.08. The lowest BCUT2D eigenvalue weighted by molar-refractivity contribution is 0.0903. The number of ketones is 1. The third-order valence-corrected chi connectivity index (χ3v) is 4.27. The lowest BCUT2D eigenvalue weighted by atomic mass is 9.94. The summed E-state index contributed by atoms with van der Waals surface area (Å²) in [6.45, 7) is 1.42. The van der Waals surface area contributed by atoms with Gasteiger partial charge in [0.2, 0.25) is 0 Å². The SMILES string of the molecule is O=C(CCN(CCO)C1CCCCC1)c1ccc(F)cc1. The van der Waals surface area contributed by atoms with Crippen molar-refractivity contribution in [1.29, 1.82) is 0 Å². The quantitative estimate of drug-likeness (QED) is 0.786. The van der Waals surface area contributed by atoms with Crippen LogP contribution in [0.25, 0.3) is 0 Å². The van der Waals surface area contributed by atoms with Crippen molar-refractivity contribution in [2.45, 2.75) is 44.6 Å². The summed E-state index contributed by atoms with van der Waals surface area (Å²) in [6.07, 6.45) is 6.49. The molecule has 0 aromatic heterocycles. The van der Waals surface area contributed by atoms with E-state index in [1.807, 2.05) is 0 Å². The highest BCUT2D eigenvalue weighted by Crippen LogP contribution is 2.22. The average molecular weight is 293 g/mol. The summed E-state index contributed by atoms with van der Waals surface area (Å²) in [7, 11) is 0. The van der Waals surface area contributed by atoms with Gasteiger partial charge in [0.25, 0.3) is 0 Å². The maximum Gasteiger partial charge on any atom is 0.164 e. The van der Waals surface area contributed by atoms with E-state index < -0.39 is 0 Å². The van der Waals surface area contributed by atoms with E-state index in [4.69, 9.17) is 0 Å². The molecule has 0 unspecified atom stereocenters. The van der Waals surface area contributed by atoms with E-state index in [1.165, 1.54) is 43.5 Å². The van der Waals surface area contributed by atoms with Gasteiger partial charge in [0, 0.05) is 31.1 Å². The molecule has 0 radical (unpaired) electrons. The van der Waals surface area contributed by atoms with Crippen LogP contribution in [-0.4, -0.2) is 41.5 Å². The van der Waals surface area contributed by atoms with E-state index in [0.29, 0.717) is 31.1 Å². The second kappa shape index (κ2) is 8.25. The molecule has 116 valence electrons. The summed E-state index contributed by atoms with van der Waals surface area (Å²) in [6, 6.07) is 6.20. The Bertz CT molecular complexity index is 441. The lowest BCUT2D eigenvalue weighted by Gasteiger charge is -2.33. The fourth-order valence-electron chi connectivity index (χ4n) is 3.08. The number of hydrogen-bond acceptors (Lipinski definition) is 3. The first-order valence-corrected chi connectivity index (χ1v) is 7.84. The van der Waals surface area contributed by atoms with Crippen LogP contribution in [0.3, 0.4) is 0 Å². The Morgan fingerprint density at radius 1 is 1.14 bits per heavy atom. The Hall–Kier alpha value is -1.26. The summed E-state index contributed by atoms with van der Waals surface area (Å²) in [5, 5.41) is 9.21. The summed E-state index contributed by atoms with van der Waals surface area (Å²) >= 11 is 0. The van der Waals surface area contributed by atoms with Crippen LogP contribution >= 0.6 is 0 Å². The number of aliphatic hydroxyl groups excluding tert-OH is 1. The van der Waals surface area contributed by atoms with Gasteiger partial charge >= 0.3 is 0 Å². The molecule has 0 aliphatic heterocycles. The molecular weight excluding hydrogens is 269 g/mol. The number of aliphatic hydroxyl groups is 1. The predicted octanol–water partition coefficient (Wildman–Crippen LogP) is 3.03. The van der Waals surface area contributed by atoms with Crippen molar-refractivity contribution in [1.82, 2.24) is 4.90 Å². The van der Waals surface area contributed by atoms with Gasteiger partial charge in [-0.1, -0.05) is 19.3 Å². The summed E-state index contributed by atoms with van der Waals surface area (Å²) in [5.41, 5.74) is 0.559. The van der Waals surface area contributed by atoms with Crippen LogP contribution < -0.4 is 0 Å². The van der Waals surface area contributed by atoms with E-state index >= 15 is 0 Å². The van der Waals surface area contributed by atoms with Crippen LogP contribution in [0.4, 0.5) is 4.39 Å². The van der Waals surface area contributed by atoms with Crippen LogP contribution in [0.5, 0.6) is 0 Å². The molecule has 2 rings (SSSR count). The van der Waals surface area contributed by atoms with Crippen molar-refractivity contribution in [3.63, 3.8) is 0 Å². The zero-order valence-electron chi connectivity index (χ0n) is 12.4. The van der Waals surface area contributed by atoms with E-state index in [9.17, 15) is 14.3 Å². The molecule has 0 bridgehead atoms. The molecule has 0 amide bonds. The van der Waals surface area contributed by atoms with Crippen LogP contribution in [-0.2, 0) is 0 Å². The standard InChI is InChI=1S/C17H24FNO2/c18-15-8-6-14(7-9-15)17(21)10-11-19(12-13-20)16-4-2-1-3-5-16/h6-9,16,20H,1-5,10-13H2. The van der Waals surface area contributed by atoms with Gasteiger partial charge in [0.1, 0.15) is 5.82 Å². The van der Waals surface area contributed by atoms with Crippen molar-refractivity contribution in [3.05, 3.63) is 35.6 Å². The zero-order chi connectivity index (χ0) is 15.1. The Balaban J connectivity index is 1.88. The normalized spacial score (nSPS) is 16.3. The van der Waals surface area contributed by atoms with Crippen LogP contribution in [0.1, 0.15) is 48.9 Å². The average Bonchev–Trinajstić information content (AvgIpc) is 2.52. The number of carbonyl (C=O) groups is 1. The summed E-state index contributed by atoms with van der Waals surface area (Å²) in [5.74, 6) is -0.288. The number of hydrogen-bond donors (Lipinski definition) is 1. The Labute approximate surface area is 125 Å². The number of Topliss-reactive ketones (excluding diaryl/α,β-unsaturated/α-hetero) is 1. The van der Waals surface area contributed by atoms with Crippen LogP contribution in [0.15, 0.2) is 24.3 Å². The summed E-state index contributed by atoms with van der Waals surface area (Å²) in [4.78, 5) is 14.4. The minimum absolute atomic E-state index is 0.0359. The number of nitrogens with zero attached hydrogens (tertiary/aromatic N) is 1. The lowest BCUT2D eigenvalue weighted by Crippen LogP contribution is -2.40. The minimum atomic E-state index is -0.323. The van der Waals surface area contributed by atoms with Crippen molar-refractivity contribution < 1.29 is 14.3 Å². The van der Waals surface area contributed by atoms with Gasteiger partial charge < -0.3 is 5.11 Å². The van der Waals surface area contributed by atoms with Gasteiger partial charge in [0.15, 0.2) is 5.78 Å². The summed E-state index contributed by atoms with van der Waals surface area (Å²) < 4.78 is 12.9. The largest absolute Gasteiger partial charge is 0.395 e. The number of carbonyl (C=O) groups excluding carboxylic acids is 1. The maximum atomic E-state index is 12.9. The monoisotopic (exact) mass is 293 g/mol. The first kappa shape index (κ1) is 16.1. The van der Waals surface area contributed by atoms with Crippen LogP contribution in [0.2, 0.25) is 0 Å². The molecule has 0 saturated heterocycles. The first-order chi connectivity index (χ1) is 10.2. The maximum absolute atomic E-state index is 12.9. The Morgan fingerprint density at radius 3 is 2.43 bits per heavy atom. The highest BCUT2D eigenvalue weighted by atomic mass is 19.1. The molecule has 0 atom stereocenters. The third kappa shape index (κ3) is 4.90. The molecule has 0 heterocycles. The van der Waals surface area contributed by atoms with Gasteiger partial charge in [-0.2, -0.15) is 0 Å². The highest BCUT2D eigenvalue weighted by Gasteiger charge is 2.21. The molecule has 1 aromatic rings. The number of halogens is 1. The minimum Gasteiger partial charge on any atom is -0.395 e. The van der Waals surface area contributed by atoms with Gasteiger partial charge in [-0.05, 0) is 37.1 Å². The molecule has 1 aliphatic rings. The van der Waals surface area contributed by atoms with E-state index in [-0.39, 0.29) is 18.2 Å². The molecule has 0 spiro atoms. The molecule has 1 aliphatic carbocycles. The smallest absolute Gasteiger partial charge is 0.164 e. The van der Waals surface area contributed by atoms with Crippen molar-refractivity contribution in [3.8, 4) is 0 Å². The first-order valence-electron chi connectivity index (χ1n) is 7.84. The number of benzene rings is 1. The molecule has 1 N–H and O–H groups in total. The molecule has 1 aromatic carbocycles. The second-order valence-electron chi connectivity index (χ2n) is 5.73. The Morgan fingerprint density at radius 2 is 1.81 bits per heavy atom. The highest BCUT2D eigenvalue weighted by molar-refractivity contribution is 5.96. The molecule has 4 heteroatoms. The van der Waals surface area contributed by atoms with E-state index in [2.05, 4.69) is 4.90 Å². The van der Waals surface area contributed by atoms with Gasteiger partial charge in [-0.25, -0.2) is 4.39 Å². The Kier molecular flexibility index (Phi) is 6.33. The van der Waals surface area contributed by atoms with E-state index in [0.717, 1.165) is 12.8 Å². The molecule has 3 nitrogen and oxygen atoms in total. The molecule has 21 heavy (non-hydrogen) atoms. The van der Waals surface area contributed by atoms with Gasteiger partial charge in [-0.15, -0.1) is 0 Å². The van der Waals surface area contributed by atoms with Crippen LogP contribution in [0, 0.1) is 5.82 Å². The topological polar surface area (TPSA) is 40.5 Å². The second-order valence-corrected chi connectivity index (χ2v) is 5.73. The van der Waals surface area contributed by atoms with E-state index in [1.54, 1.807) is 0 Å². The van der Waals surface area contributed by atoms with Crippen molar-refractivity contribution in [2.75, 3.05) is 19.7 Å². The number of rotatable bonds is 7. The van der Waals surface area contributed by atoms with Crippen molar-refractivity contribution in [2.24, 2.45) is 0 Å². The molecular formula is C17H24FNO2. The third-order valence-electron chi connectivity index (χ3n) is 4.27. The molecule has 1 fully saturated rings. The van der Waals surface area contributed by atoms with Crippen molar-refractivity contribution >= 4 is 5.78 Å². The predicted molar refractivity (Wildman–Crippen MR) is 80.9 cm³/mol. The zero-order valence-corrected chi connectivity index (χ0v) is 12.4. The fraction of sp³-hybridized carbons (Fsp3) is 0.588. The van der Waals surface area contributed by atoms with Gasteiger partial charge in [-0.3, -0.25) is 9.69 Å².